The van der Waals surface area contributed by atoms with Crippen LogP contribution in [0.5, 0.6) is 0 Å². The number of rotatable bonds is 7. The van der Waals surface area contributed by atoms with Crippen molar-refractivity contribution in [3.8, 4) is 0 Å². The molecule has 1 aliphatic heterocycles. The minimum atomic E-state index is -3.31. The Morgan fingerprint density at radius 2 is 1.89 bits per heavy atom. The van der Waals surface area contributed by atoms with E-state index in [1.807, 2.05) is 26.0 Å². The smallest absolute Gasteiger partial charge is 0.183 e. The van der Waals surface area contributed by atoms with Crippen molar-refractivity contribution < 1.29 is 12.8 Å². The van der Waals surface area contributed by atoms with Crippen LogP contribution in [0.2, 0.25) is 0 Å². The van der Waals surface area contributed by atoms with Gasteiger partial charge in [-0.25, -0.2) is 8.42 Å². The third-order valence-electron chi connectivity index (χ3n) is 6.57. The standard InChI is InChI=1S/C22H29NO3S/c1-22(2,27(24,25)19-8-4-3-5-9-19)11-7-12-23-16-17-14-18(23)15-20(17)21-10-6-13-26-21/h3-6,8-10,13,17-18,20H,7,11-12,14-16H2,1-2H3/t17-,18-,20+/m1/s1. The summed E-state index contributed by atoms with van der Waals surface area (Å²) in [5, 5.41) is 0. The Morgan fingerprint density at radius 1 is 1.11 bits per heavy atom. The first kappa shape index (κ1) is 18.8. The van der Waals surface area contributed by atoms with E-state index in [9.17, 15) is 8.42 Å². The van der Waals surface area contributed by atoms with Crippen LogP contribution in [0.1, 0.15) is 51.2 Å². The van der Waals surface area contributed by atoms with Gasteiger partial charge in [0.1, 0.15) is 5.76 Å². The summed E-state index contributed by atoms with van der Waals surface area (Å²) < 4.78 is 30.8. The molecule has 0 radical (unpaired) electrons. The fourth-order valence-corrected chi connectivity index (χ4v) is 6.50. The van der Waals surface area contributed by atoms with Crippen molar-refractivity contribution in [2.75, 3.05) is 13.1 Å². The van der Waals surface area contributed by atoms with Crippen LogP contribution in [0.25, 0.3) is 0 Å². The van der Waals surface area contributed by atoms with Crippen LogP contribution in [0, 0.1) is 5.92 Å². The summed E-state index contributed by atoms with van der Waals surface area (Å²) in [6.07, 6.45) is 5.78. The topological polar surface area (TPSA) is 50.5 Å². The van der Waals surface area contributed by atoms with Crippen LogP contribution in [-0.2, 0) is 9.84 Å². The predicted molar refractivity (Wildman–Crippen MR) is 106 cm³/mol. The largest absolute Gasteiger partial charge is 0.469 e. The number of likely N-dealkylation sites (tertiary alicyclic amines) is 1. The second-order valence-corrected chi connectivity index (χ2v) is 11.3. The summed E-state index contributed by atoms with van der Waals surface area (Å²) in [6.45, 7) is 5.82. The second-order valence-electron chi connectivity index (χ2n) is 8.68. The SMILES string of the molecule is CC(C)(CCCN1C[C@H]2C[C@@H]1C[C@@H]2c1ccco1)S(=O)(=O)c1ccccc1. The molecule has 0 amide bonds. The normalized spacial score (nSPS) is 25.9. The van der Waals surface area contributed by atoms with Gasteiger partial charge in [-0.1, -0.05) is 18.2 Å². The van der Waals surface area contributed by atoms with Gasteiger partial charge in [0, 0.05) is 18.5 Å². The number of benzene rings is 1. The molecule has 4 nitrogen and oxygen atoms in total. The summed E-state index contributed by atoms with van der Waals surface area (Å²) in [5.74, 6) is 2.38. The molecule has 2 aliphatic rings. The maximum absolute atomic E-state index is 13.0. The summed E-state index contributed by atoms with van der Waals surface area (Å²) in [5.41, 5.74) is 0. The predicted octanol–water partition coefficient (Wildman–Crippen LogP) is 4.49. The first-order valence-electron chi connectivity index (χ1n) is 9.95. The summed E-state index contributed by atoms with van der Waals surface area (Å²) >= 11 is 0. The van der Waals surface area contributed by atoms with E-state index in [1.54, 1.807) is 30.5 Å². The Kier molecular flexibility index (Phi) is 4.93. The second kappa shape index (κ2) is 7.10. The molecule has 2 fully saturated rings. The van der Waals surface area contributed by atoms with Gasteiger partial charge >= 0.3 is 0 Å². The number of nitrogens with zero attached hydrogens (tertiary/aromatic N) is 1. The van der Waals surface area contributed by atoms with Crippen molar-refractivity contribution in [1.29, 1.82) is 0 Å². The van der Waals surface area contributed by atoms with Crippen molar-refractivity contribution in [1.82, 2.24) is 4.90 Å². The van der Waals surface area contributed by atoms with E-state index >= 15 is 0 Å². The highest BCUT2D eigenvalue weighted by atomic mass is 32.2. The van der Waals surface area contributed by atoms with Gasteiger partial charge in [-0.2, -0.15) is 0 Å². The molecule has 1 saturated heterocycles. The van der Waals surface area contributed by atoms with E-state index < -0.39 is 14.6 Å². The zero-order chi connectivity index (χ0) is 19.1. The molecule has 2 aromatic rings. The van der Waals surface area contributed by atoms with E-state index in [0.29, 0.717) is 29.2 Å². The van der Waals surface area contributed by atoms with Gasteiger partial charge in [0.2, 0.25) is 0 Å². The molecule has 0 unspecified atom stereocenters. The van der Waals surface area contributed by atoms with E-state index in [4.69, 9.17) is 4.42 Å². The van der Waals surface area contributed by atoms with Crippen LogP contribution < -0.4 is 0 Å². The van der Waals surface area contributed by atoms with E-state index in [2.05, 4.69) is 11.0 Å². The van der Waals surface area contributed by atoms with Gasteiger partial charge in [-0.15, -0.1) is 0 Å². The highest BCUT2D eigenvalue weighted by molar-refractivity contribution is 7.92. The third kappa shape index (κ3) is 3.47. The van der Waals surface area contributed by atoms with Crippen LogP contribution in [-0.4, -0.2) is 37.2 Å². The highest BCUT2D eigenvalue weighted by Gasteiger charge is 2.46. The summed E-state index contributed by atoms with van der Waals surface area (Å²) in [7, 11) is -3.31. The summed E-state index contributed by atoms with van der Waals surface area (Å²) in [6, 6.07) is 13.5. The molecule has 5 heteroatoms. The quantitative estimate of drug-likeness (QED) is 0.702. The molecule has 1 aromatic heterocycles. The molecule has 2 bridgehead atoms. The Hall–Kier alpha value is -1.59. The van der Waals surface area contributed by atoms with Crippen molar-refractivity contribution >= 4 is 9.84 Å². The number of fused-ring (bicyclic) bond motifs is 2. The molecule has 2 heterocycles. The van der Waals surface area contributed by atoms with Gasteiger partial charge in [0.25, 0.3) is 0 Å². The average molecular weight is 388 g/mol. The fraction of sp³-hybridized carbons (Fsp3) is 0.545. The van der Waals surface area contributed by atoms with Gasteiger partial charge in [0.05, 0.1) is 15.9 Å². The molecule has 1 saturated carbocycles. The summed E-state index contributed by atoms with van der Waals surface area (Å²) in [4.78, 5) is 2.99. The molecular formula is C22H29NO3S. The van der Waals surface area contributed by atoms with Crippen LogP contribution in [0.15, 0.2) is 58.0 Å². The number of hydrogen-bond donors (Lipinski definition) is 0. The lowest BCUT2D eigenvalue weighted by Gasteiger charge is -2.32. The monoisotopic (exact) mass is 387 g/mol. The molecule has 146 valence electrons. The van der Waals surface area contributed by atoms with Gasteiger partial charge < -0.3 is 9.32 Å². The minimum Gasteiger partial charge on any atom is -0.469 e. The molecule has 1 aromatic carbocycles. The van der Waals surface area contributed by atoms with Crippen LogP contribution in [0.3, 0.4) is 0 Å². The maximum atomic E-state index is 13.0. The first-order valence-corrected chi connectivity index (χ1v) is 11.4. The highest BCUT2D eigenvalue weighted by Crippen LogP contribution is 2.47. The number of piperidine rings is 1. The first-order chi connectivity index (χ1) is 12.9. The van der Waals surface area contributed by atoms with Crippen molar-refractivity contribution in [2.24, 2.45) is 5.92 Å². The lowest BCUT2D eigenvalue weighted by Crippen LogP contribution is -2.37. The van der Waals surface area contributed by atoms with E-state index in [-0.39, 0.29) is 0 Å². The van der Waals surface area contributed by atoms with Crippen molar-refractivity contribution in [3.05, 3.63) is 54.5 Å². The van der Waals surface area contributed by atoms with E-state index in [1.165, 1.54) is 12.8 Å². The van der Waals surface area contributed by atoms with Crippen molar-refractivity contribution in [2.45, 2.75) is 61.1 Å². The van der Waals surface area contributed by atoms with E-state index in [0.717, 1.165) is 25.3 Å². The Morgan fingerprint density at radius 3 is 2.52 bits per heavy atom. The molecule has 27 heavy (non-hydrogen) atoms. The molecule has 1 aliphatic carbocycles. The minimum absolute atomic E-state index is 0.427. The van der Waals surface area contributed by atoms with Crippen molar-refractivity contribution in [3.63, 3.8) is 0 Å². The van der Waals surface area contributed by atoms with Gasteiger partial charge in [-0.3, -0.25) is 0 Å². The Bertz CT molecular complexity index is 858. The molecular weight excluding hydrogens is 358 g/mol. The van der Waals surface area contributed by atoms with Crippen LogP contribution in [0.4, 0.5) is 0 Å². The number of hydrogen-bond acceptors (Lipinski definition) is 4. The average Bonchev–Trinajstić information content (AvgIpc) is 3.38. The third-order valence-corrected chi connectivity index (χ3v) is 9.12. The van der Waals surface area contributed by atoms with Gasteiger partial charge in [0.15, 0.2) is 9.84 Å². The zero-order valence-electron chi connectivity index (χ0n) is 16.2. The Labute approximate surface area is 162 Å². The van der Waals surface area contributed by atoms with Gasteiger partial charge in [-0.05, 0) is 76.3 Å². The fourth-order valence-electron chi connectivity index (χ4n) is 4.93. The lowest BCUT2D eigenvalue weighted by atomic mass is 9.92. The molecule has 0 N–H and O–H groups in total. The molecule has 3 atom stereocenters. The Balaban J connectivity index is 1.32. The maximum Gasteiger partial charge on any atom is 0.183 e. The lowest BCUT2D eigenvalue weighted by molar-refractivity contribution is 0.186. The number of furan rings is 1. The molecule has 4 rings (SSSR count). The van der Waals surface area contributed by atoms with Crippen LogP contribution >= 0.6 is 0 Å². The molecule has 0 spiro atoms. The zero-order valence-corrected chi connectivity index (χ0v) is 17.0. The number of sulfone groups is 1.